The maximum absolute atomic E-state index is 13.9. The second kappa shape index (κ2) is 11.2. The molecule has 1 N–H and O–H groups in total. The molecule has 3 rings (SSSR count). The molecule has 0 bridgehead atoms. The second-order valence-electron chi connectivity index (χ2n) is 8.00. The molecular weight excluding hydrogens is 518 g/mol. The predicted octanol–water partition coefficient (Wildman–Crippen LogP) is 0.764. The Bertz CT molecular complexity index is 1450. The topological polar surface area (TPSA) is 174 Å². The summed E-state index contributed by atoms with van der Waals surface area (Å²) in [6.45, 7) is 0. The smallest absolute Gasteiger partial charge is 0.336 e. The number of benzene rings is 1. The zero-order valence-corrected chi connectivity index (χ0v) is 21.9. The van der Waals surface area contributed by atoms with Crippen LogP contribution in [0.25, 0.3) is 10.9 Å². The van der Waals surface area contributed by atoms with Crippen LogP contribution in [0, 0.1) is 0 Å². The molecule has 0 saturated carbocycles. The van der Waals surface area contributed by atoms with Gasteiger partial charge in [0.05, 0.1) is 59.4 Å². The Kier molecular flexibility index (Phi) is 8.23. The Morgan fingerprint density at radius 1 is 0.795 bits per heavy atom. The van der Waals surface area contributed by atoms with Crippen molar-refractivity contribution in [2.75, 3.05) is 42.7 Å². The fourth-order valence-electron chi connectivity index (χ4n) is 4.77. The molecule has 13 nitrogen and oxygen atoms in total. The van der Waals surface area contributed by atoms with E-state index in [4.69, 9.17) is 23.7 Å². The molecule has 1 aromatic heterocycles. The van der Waals surface area contributed by atoms with Crippen LogP contribution in [0.15, 0.2) is 47.1 Å². The van der Waals surface area contributed by atoms with Crippen molar-refractivity contribution < 1.29 is 57.2 Å². The number of H-pyrrole nitrogens is 1. The fraction of sp³-hybridized carbons (Fsp3) is 0.308. The minimum Gasteiger partial charge on any atom is -0.468 e. The fourth-order valence-corrected chi connectivity index (χ4v) is 4.77. The van der Waals surface area contributed by atoms with Crippen molar-refractivity contribution in [3.05, 3.63) is 58.3 Å². The van der Waals surface area contributed by atoms with Crippen LogP contribution in [0.4, 0.5) is 0 Å². The van der Waals surface area contributed by atoms with E-state index in [1.807, 2.05) is 0 Å². The summed E-state index contributed by atoms with van der Waals surface area (Å²) < 4.78 is 29.5. The summed E-state index contributed by atoms with van der Waals surface area (Å²) in [5.41, 5.74) is -4.94. The number of esters is 6. The Morgan fingerprint density at radius 2 is 1.44 bits per heavy atom. The number of rotatable bonds is 7. The van der Waals surface area contributed by atoms with E-state index < -0.39 is 63.9 Å². The summed E-state index contributed by atoms with van der Waals surface area (Å²) in [5, 5.41) is 0.323. The molecule has 1 heterocycles. The van der Waals surface area contributed by atoms with Crippen LogP contribution in [0.5, 0.6) is 0 Å². The van der Waals surface area contributed by atoms with Crippen LogP contribution in [-0.2, 0) is 62.6 Å². The van der Waals surface area contributed by atoms with Gasteiger partial charge in [-0.3, -0.25) is 9.59 Å². The molecule has 0 aliphatic heterocycles. The van der Waals surface area contributed by atoms with Crippen molar-refractivity contribution >= 4 is 46.7 Å². The van der Waals surface area contributed by atoms with Gasteiger partial charge >= 0.3 is 35.8 Å². The molecule has 2 unspecified atom stereocenters. The van der Waals surface area contributed by atoms with Crippen molar-refractivity contribution in [2.45, 2.75) is 11.3 Å². The number of carbonyl (C=O) groups is 6. The first-order valence-corrected chi connectivity index (χ1v) is 11.2. The van der Waals surface area contributed by atoms with E-state index in [0.29, 0.717) is 17.0 Å². The van der Waals surface area contributed by atoms with Crippen LogP contribution >= 0.6 is 0 Å². The van der Waals surface area contributed by atoms with Gasteiger partial charge in [-0.25, -0.2) is 19.2 Å². The number of nitrogens with one attached hydrogen (secondary N) is 1. The standard InChI is InChI=1S/C26H25NO12/c1-34-15(28)11-13(21(29)35-2)26(25(33)39-6)19(24(32)38-5)18(23(31)37-4)17(22(30)36-3)16-12-9-7-8-10-14(12)27-20(16)26/h7-11,17,27H,1-6H3/b13-11-. The van der Waals surface area contributed by atoms with Crippen LogP contribution in [0.3, 0.4) is 0 Å². The van der Waals surface area contributed by atoms with Gasteiger partial charge in [-0.15, -0.1) is 0 Å². The lowest BCUT2D eigenvalue weighted by Crippen LogP contribution is -2.51. The molecule has 1 aliphatic carbocycles. The number of hydrogen-bond acceptors (Lipinski definition) is 12. The molecular formula is C26H25NO12. The van der Waals surface area contributed by atoms with E-state index in [9.17, 15) is 28.8 Å². The molecule has 39 heavy (non-hydrogen) atoms. The first-order valence-electron chi connectivity index (χ1n) is 11.2. The summed E-state index contributed by atoms with van der Waals surface area (Å²) in [6.07, 6.45) is 0.619. The van der Waals surface area contributed by atoms with E-state index in [1.54, 1.807) is 24.3 Å². The number of carbonyl (C=O) groups excluding carboxylic acids is 6. The lowest BCUT2D eigenvalue weighted by atomic mass is 9.61. The maximum Gasteiger partial charge on any atom is 0.336 e. The van der Waals surface area contributed by atoms with Crippen molar-refractivity contribution in [1.82, 2.24) is 4.98 Å². The van der Waals surface area contributed by atoms with Crippen molar-refractivity contribution in [1.29, 1.82) is 0 Å². The van der Waals surface area contributed by atoms with E-state index in [1.165, 1.54) is 0 Å². The van der Waals surface area contributed by atoms with Crippen molar-refractivity contribution in [3.63, 3.8) is 0 Å². The number of ether oxygens (including phenoxy) is 6. The molecule has 2 atom stereocenters. The molecule has 206 valence electrons. The third-order valence-corrected chi connectivity index (χ3v) is 6.34. The minimum absolute atomic E-state index is 0.0180. The number of fused-ring (bicyclic) bond motifs is 3. The zero-order valence-electron chi connectivity index (χ0n) is 21.9. The molecule has 1 aliphatic rings. The Balaban J connectivity index is 2.81. The van der Waals surface area contributed by atoms with Crippen LogP contribution in [0.2, 0.25) is 0 Å². The average molecular weight is 543 g/mol. The molecule has 0 spiro atoms. The number of hydrogen-bond donors (Lipinski definition) is 1. The van der Waals surface area contributed by atoms with Gasteiger partial charge in [0.25, 0.3) is 0 Å². The first-order chi connectivity index (χ1) is 18.6. The molecule has 0 radical (unpaired) electrons. The lowest BCUT2D eigenvalue weighted by molar-refractivity contribution is -0.152. The summed E-state index contributed by atoms with van der Waals surface area (Å²) in [5.74, 6) is -8.87. The molecule has 1 aromatic carbocycles. The number of aromatic amines is 1. The van der Waals surface area contributed by atoms with E-state index in [2.05, 4.69) is 9.72 Å². The molecule has 0 saturated heterocycles. The quantitative estimate of drug-likeness (QED) is 0.295. The first kappa shape index (κ1) is 28.6. The van der Waals surface area contributed by atoms with Crippen LogP contribution in [0.1, 0.15) is 17.2 Å². The third-order valence-electron chi connectivity index (χ3n) is 6.34. The van der Waals surface area contributed by atoms with E-state index in [-0.39, 0.29) is 11.3 Å². The second-order valence-corrected chi connectivity index (χ2v) is 8.00. The molecule has 13 heteroatoms. The van der Waals surface area contributed by atoms with E-state index >= 15 is 0 Å². The Hall–Kier alpha value is -4.94. The van der Waals surface area contributed by atoms with Crippen molar-refractivity contribution in [3.8, 4) is 0 Å². The van der Waals surface area contributed by atoms with Gasteiger partial charge in [0.15, 0.2) is 5.41 Å². The van der Waals surface area contributed by atoms with Gasteiger partial charge in [-0.05, 0) is 6.07 Å². The monoisotopic (exact) mass is 543 g/mol. The SMILES string of the molecule is COC(=O)/C=C(/C(=O)OC)C1(C(=O)OC)C(C(=O)OC)=C(C(=O)OC)C(C(=O)OC)c2c1[nH]c1ccccc21. The van der Waals surface area contributed by atoms with Gasteiger partial charge in [-0.2, -0.15) is 0 Å². The highest BCUT2D eigenvalue weighted by molar-refractivity contribution is 6.20. The number of para-hydroxylation sites is 1. The average Bonchev–Trinajstić information content (AvgIpc) is 3.36. The van der Waals surface area contributed by atoms with Crippen molar-refractivity contribution in [2.24, 2.45) is 0 Å². The zero-order chi connectivity index (χ0) is 29.1. The summed E-state index contributed by atoms with van der Waals surface area (Å²) in [4.78, 5) is 82.8. The van der Waals surface area contributed by atoms with Gasteiger partial charge in [0, 0.05) is 28.2 Å². The number of aromatic nitrogens is 1. The normalized spacial score (nSPS) is 18.5. The third kappa shape index (κ3) is 4.31. The molecule has 0 amide bonds. The summed E-state index contributed by atoms with van der Waals surface area (Å²) >= 11 is 0. The molecule has 2 aromatic rings. The summed E-state index contributed by atoms with van der Waals surface area (Å²) in [6, 6.07) is 6.41. The summed E-state index contributed by atoms with van der Waals surface area (Å²) in [7, 11) is 5.92. The predicted molar refractivity (Wildman–Crippen MR) is 130 cm³/mol. The minimum atomic E-state index is -2.72. The van der Waals surface area contributed by atoms with E-state index in [0.717, 1.165) is 42.7 Å². The van der Waals surface area contributed by atoms with Crippen LogP contribution in [-0.4, -0.2) is 83.5 Å². The van der Waals surface area contributed by atoms with Gasteiger partial charge in [-0.1, -0.05) is 18.2 Å². The van der Waals surface area contributed by atoms with Gasteiger partial charge in [0.1, 0.15) is 5.92 Å². The highest BCUT2D eigenvalue weighted by Gasteiger charge is 2.63. The Labute approximate surface area is 221 Å². The molecule has 0 fully saturated rings. The lowest BCUT2D eigenvalue weighted by Gasteiger charge is -2.39. The van der Waals surface area contributed by atoms with Gasteiger partial charge < -0.3 is 33.4 Å². The maximum atomic E-state index is 13.9. The highest BCUT2D eigenvalue weighted by atomic mass is 16.5. The van der Waals surface area contributed by atoms with Crippen LogP contribution < -0.4 is 0 Å². The highest BCUT2D eigenvalue weighted by Crippen LogP contribution is 2.54. The number of methoxy groups -OCH3 is 6. The largest absolute Gasteiger partial charge is 0.468 e. The van der Waals surface area contributed by atoms with Gasteiger partial charge in [0.2, 0.25) is 0 Å². The Morgan fingerprint density at radius 3 is 1.97 bits per heavy atom.